The zero-order chi connectivity index (χ0) is 10.2. The van der Waals surface area contributed by atoms with Crippen molar-refractivity contribution >= 4 is 5.97 Å². The van der Waals surface area contributed by atoms with Crippen LogP contribution < -0.4 is 0 Å². The molecule has 0 atom stereocenters. The molecule has 0 saturated heterocycles. The third-order valence-corrected chi connectivity index (χ3v) is 1.60. The van der Waals surface area contributed by atoms with Crippen LogP contribution in [-0.2, 0) is 6.18 Å². The maximum absolute atomic E-state index is 12.1. The van der Waals surface area contributed by atoms with E-state index in [0.29, 0.717) is 6.20 Å². The summed E-state index contributed by atoms with van der Waals surface area (Å²) in [6, 6.07) is 0. The van der Waals surface area contributed by atoms with Crippen LogP contribution in [0.1, 0.15) is 21.6 Å². The van der Waals surface area contributed by atoms with Gasteiger partial charge in [0.1, 0.15) is 0 Å². The maximum Gasteiger partial charge on any atom is 0.418 e. The third-order valence-electron chi connectivity index (χ3n) is 1.60. The molecule has 72 valence electrons. The van der Waals surface area contributed by atoms with Crippen LogP contribution >= 0.6 is 0 Å². The molecule has 0 fully saturated rings. The molecule has 0 aliphatic heterocycles. The van der Waals surface area contributed by atoms with E-state index in [1.807, 2.05) is 0 Å². The molecular formula is C7H6F3NO2. The van der Waals surface area contributed by atoms with Gasteiger partial charge in [-0.15, -0.1) is 0 Å². The van der Waals surface area contributed by atoms with Gasteiger partial charge >= 0.3 is 12.1 Å². The van der Waals surface area contributed by atoms with E-state index in [4.69, 9.17) is 5.11 Å². The van der Waals surface area contributed by atoms with E-state index in [-0.39, 0.29) is 5.69 Å². The Balaban J connectivity index is 3.31. The number of carbonyl (C=O) groups is 1. The molecule has 2 N–H and O–H groups in total. The molecule has 0 spiro atoms. The first-order valence-corrected chi connectivity index (χ1v) is 3.32. The number of nitrogens with one attached hydrogen (secondary N) is 1. The highest BCUT2D eigenvalue weighted by Crippen LogP contribution is 2.33. The van der Waals surface area contributed by atoms with Crippen molar-refractivity contribution in [3.63, 3.8) is 0 Å². The number of aromatic amines is 1. The molecule has 0 aliphatic rings. The van der Waals surface area contributed by atoms with E-state index in [9.17, 15) is 18.0 Å². The van der Waals surface area contributed by atoms with Crippen LogP contribution in [0.5, 0.6) is 0 Å². The monoisotopic (exact) mass is 193 g/mol. The second-order valence-corrected chi connectivity index (χ2v) is 2.51. The van der Waals surface area contributed by atoms with E-state index in [0.717, 1.165) is 0 Å². The predicted molar refractivity (Wildman–Crippen MR) is 37.5 cm³/mol. The van der Waals surface area contributed by atoms with Gasteiger partial charge in [0, 0.05) is 11.9 Å². The lowest BCUT2D eigenvalue weighted by atomic mass is 10.1. The number of hydrogen-bond donors (Lipinski definition) is 2. The van der Waals surface area contributed by atoms with Crippen molar-refractivity contribution in [3.05, 3.63) is 23.0 Å². The molecule has 0 aromatic carbocycles. The minimum absolute atomic E-state index is 0.000162. The van der Waals surface area contributed by atoms with Crippen LogP contribution in [0.3, 0.4) is 0 Å². The van der Waals surface area contributed by atoms with Crippen molar-refractivity contribution in [1.29, 1.82) is 0 Å². The summed E-state index contributed by atoms with van der Waals surface area (Å²) < 4.78 is 36.4. The molecule has 0 radical (unpaired) electrons. The van der Waals surface area contributed by atoms with Crippen LogP contribution in [-0.4, -0.2) is 16.1 Å². The van der Waals surface area contributed by atoms with Crippen molar-refractivity contribution < 1.29 is 23.1 Å². The molecule has 0 saturated carbocycles. The zero-order valence-electron chi connectivity index (χ0n) is 6.57. The van der Waals surface area contributed by atoms with Crippen molar-refractivity contribution in [2.45, 2.75) is 13.1 Å². The highest BCUT2D eigenvalue weighted by atomic mass is 19.4. The molecule has 1 aromatic rings. The fourth-order valence-corrected chi connectivity index (χ4v) is 1.03. The summed E-state index contributed by atoms with van der Waals surface area (Å²) in [6.45, 7) is 1.28. The lowest BCUT2D eigenvalue weighted by Crippen LogP contribution is -2.10. The molecule has 0 aliphatic carbocycles. The number of aromatic carboxylic acids is 1. The van der Waals surface area contributed by atoms with Gasteiger partial charge in [-0.2, -0.15) is 13.2 Å². The second-order valence-electron chi connectivity index (χ2n) is 2.51. The standard InChI is InChI=1S/C7H6F3NO2/c1-3-5(6(12)13)4(2-11-3)7(8,9)10/h2,11H,1H3,(H,12,13). The highest BCUT2D eigenvalue weighted by molar-refractivity contribution is 5.91. The molecule has 0 amide bonds. The van der Waals surface area contributed by atoms with Gasteiger partial charge in [-0.1, -0.05) is 0 Å². The van der Waals surface area contributed by atoms with Gasteiger partial charge < -0.3 is 10.1 Å². The summed E-state index contributed by atoms with van der Waals surface area (Å²) in [6.07, 6.45) is -3.97. The Hall–Kier alpha value is -1.46. The predicted octanol–water partition coefficient (Wildman–Crippen LogP) is 2.04. The number of alkyl halides is 3. The van der Waals surface area contributed by atoms with Crippen LogP contribution in [0.15, 0.2) is 6.20 Å². The smallest absolute Gasteiger partial charge is 0.418 e. The van der Waals surface area contributed by atoms with Crippen LogP contribution in [0.25, 0.3) is 0 Å². The summed E-state index contributed by atoms with van der Waals surface area (Å²) >= 11 is 0. The Morgan fingerprint density at radius 2 is 2.08 bits per heavy atom. The number of carboxylic acids is 1. The van der Waals surface area contributed by atoms with Crippen LogP contribution in [0.2, 0.25) is 0 Å². The fourth-order valence-electron chi connectivity index (χ4n) is 1.03. The van der Waals surface area contributed by atoms with Crippen molar-refractivity contribution in [2.75, 3.05) is 0 Å². The van der Waals surface area contributed by atoms with Gasteiger partial charge in [0.15, 0.2) is 0 Å². The Morgan fingerprint density at radius 3 is 2.38 bits per heavy atom. The van der Waals surface area contributed by atoms with Crippen LogP contribution in [0.4, 0.5) is 13.2 Å². The van der Waals surface area contributed by atoms with Crippen molar-refractivity contribution in [1.82, 2.24) is 4.98 Å². The Morgan fingerprint density at radius 1 is 1.54 bits per heavy atom. The van der Waals surface area contributed by atoms with E-state index in [1.54, 1.807) is 0 Å². The van der Waals surface area contributed by atoms with E-state index in [1.165, 1.54) is 6.92 Å². The number of aromatic nitrogens is 1. The van der Waals surface area contributed by atoms with Gasteiger partial charge in [0.25, 0.3) is 0 Å². The molecule has 0 unspecified atom stereocenters. The van der Waals surface area contributed by atoms with Gasteiger partial charge in [0.2, 0.25) is 0 Å². The lowest BCUT2D eigenvalue weighted by molar-refractivity contribution is -0.138. The minimum atomic E-state index is -4.63. The Bertz CT molecular complexity index is 340. The molecule has 0 bridgehead atoms. The van der Waals surface area contributed by atoms with E-state index in [2.05, 4.69) is 4.98 Å². The molecule has 13 heavy (non-hydrogen) atoms. The van der Waals surface area contributed by atoms with E-state index < -0.39 is 23.3 Å². The first-order chi connectivity index (χ1) is 5.84. The maximum atomic E-state index is 12.1. The summed E-state index contributed by atoms with van der Waals surface area (Å²) in [7, 11) is 0. The zero-order valence-corrected chi connectivity index (χ0v) is 6.57. The minimum Gasteiger partial charge on any atom is -0.478 e. The van der Waals surface area contributed by atoms with Gasteiger partial charge in [-0.25, -0.2) is 4.79 Å². The first-order valence-electron chi connectivity index (χ1n) is 3.32. The number of rotatable bonds is 1. The summed E-state index contributed by atoms with van der Waals surface area (Å²) in [4.78, 5) is 12.7. The highest BCUT2D eigenvalue weighted by Gasteiger charge is 2.37. The fraction of sp³-hybridized carbons (Fsp3) is 0.286. The topological polar surface area (TPSA) is 53.1 Å². The number of H-pyrrole nitrogens is 1. The van der Waals surface area contributed by atoms with Gasteiger partial charge in [-0.05, 0) is 6.92 Å². The van der Waals surface area contributed by atoms with E-state index >= 15 is 0 Å². The quantitative estimate of drug-likeness (QED) is 0.716. The van der Waals surface area contributed by atoms with Crippen LogP contribution in [0, 0.1) is 6.92 Å². The molecule has 6 heteroatoms. The van der Waals surface area contributed by atoms with Crippen molar-refractivity contribution in [2.24, 2.45) is 0 Å². The molecular weight excluding hydrogens is 187 g/mol. The number of halogens is 3. The third kappa shape index (κ3) is 1.66. The second kappa shape index (κ2) is 2.79. The van der Waals surface area contributed by atoms with Gasteiger partial charge in [-0.3, -0.25) is 0 Å². The summed E-state index contributed by atoms with van der Waals surface area (Å²) in [5, 5.41) is 8.48. The first kappa shape index (κ1) is 9.63. The SMILES string of the molecule is Cc1[nH]cc(C(F)(F)F)c1C(=O)O. The average molecular weight is 193 g/mol. The normalized spacial score (nSPS) is 11.7. The average Bonchev–Trinajstić information content (AvgIpc) is 2.28. The lowest BCUT2D eigenvalue weighted by Gasteiger charge is -2.04. The van der Waals surface area contributed by atoms with Crippen molar-refractivity contribution in [3.8, 4) is 0 Å². The molecule has 1 heterocycles. The van der Waals surface area contributed by atoms with Gasteiger partial charge in [0.05, 0.1) is 11.1 Å². The number of hydrogen-bond acceptors (Lipinski definition) is 1. The Labute approximate surface area is 71.2 Å². The summed E-state index contributed by atoms with van der Waals surface area (Å²) in [5.41, 5.74) is -1.86. The Kier molecular flexibility index (Phi) is 2.07. The largest absolute Gasteiger partial charge is 0.478 e. The molecule has 1 rings (SSSR count). The summed E-state index contributed by atoms with van der Waals surface area (Å²) in [5.74, 6) is -1.58. The molecule has 3 nitrogen and oxygen atoms in total. The number of carboxylic acid groups (broad SMARTS) is 1. The molecule has 1 aromatic heterocycles. The number of aryl methyl sites for hydroxylation is 1.